The number of carbonyl (C=O) groups excluding carboxylic acids is 2. The number of rotatable bonds is 6. The third-order valence-corrected chi connectivity index (χ3v) is 7.03. The Morgan fingerprint density at radius 3 is 2.56 bits per heavy atom. The minimum Gasteiger partial charge on any atom is -0.436 e. The first-order chi connectivity index (χ1) is 15.3. The van der Waals surface area contributed by atoms with Crippen molar-refractivity contribution in [2.24, 2.45) is 0 Å². The number of ether oxygens (including phenoxy) is 1. The van der Waals surface area contributed by atoms with E-state index in [9.17, 15) is 18.0 Å². The standard InChI is InChI=1S/C20H17ClN4O5S2.H2/c21-13-1-3-14(4-2-13)23-20(27)30-17-9-11-25(18(17)26)15-5-7-16(8-6-15)32(28,29)24-19-22-10-12-31-19;/h1-8,10,12,17H,9,11H2,(H,22,24)(H,23,27);1H/t17-;/m0./s1. The van der Waals surface area contributed by atoms with Gasteiger partial charge in [0.15, 0.2) is 11.2 Å². The molecular weight excluding hydrogens is 476 g/mol. The lowest BCUT2D eigenvalue weighted by molar-refractivity contribution is -0.124. The van der Waals surface area contributed by atoms with Crippen molar-refractivity contribution >= 4 is 61.5 Å². The summed E-state index contributed by atoms with van der Waals surface area (Å²) in [6.07, 6.45) is 0.136. The van der Waals surface area contributed by atoms with Crippen molar-refractivity contribution in [1.82, 2.24) is 4.98 Å². The van der Waals surface area contributed by atoms with Gasteiger partial charge in [0, 0.05) is 42.4 Å². The van der Waals surface area contributed by atoms with E-state index in [1.165, 1.54) is 46.7 Å². The number of hydrogen-bond acceptors (Lipinski definition) is 7. The average Bonchev–Trinajstić information content (AvgIpc) is 3.39. The van der Waals surface area contributed by atoms with E-state index in [1.807, 2.05) is 0 Å². The number of thiazole rings is 1. The largest absolute Gasteiger partial charge is 0.436 e. The smallest absolute Gasteiger partial charge is 0.412 e. The van der Waals surface area contributed by atoms with Crippen LogP contribution in [0.3, 0.4) is 0 Å². The van der Waals surface area contributed by atoms with Gasteiger partial charge in [-0.25, -0.2) is 18.2 Å². The second-order valence-corrected chi connectivity index (χ2v) is 9.75. The van der Waals surface area contributed by atoms with Gasteiger partial charge in [0.2, 0.25) is 0 Å². The molecule has 0 aliphatic carbocycles. The van der Waals surface area contributed by atoms with E-state index in [2.05, 4.69) is 15.0 Å². The summed E-state index contributed by atoms with van der Waals surface area (Å²) in [5.41, 5.74) is 0.997. The highest BCUT2D eigenvalue weighted by Crippen LogP contribution is 2.26. The topological polar surface area (TPSA) is 118 Å². The number of hydrogen-bond donors (Lipinski definition) is 2. The van der Waals surface area contributed by atoms with E-state index in [1.54, 1.807) is 29.6 Å². The zero-order valence-corrected chi connectivity index (χ0v) is 18.8. The van der Waals surface area contributed by atoms with E-state index in [-0.39, 0.29) is 17.4 Å². The minimum atomic E-state index is -3.79. The molecule has 168 valence electrons. The van der Waals surface area contributed by atoms with Crippen molar-refractivity contribution in [1.29, 1.82) is 0 Å². The second kappa shape index (κ2) is 9.15. The molecule has 3 aromatic rings. The van der Waals surface area contributed by atoms with Crippen LogP contribution in [-0.4, -0.2) is 38.1 Å². The van der Waals surface area contributed by atoms with E-state index >= 15 is 0 Å². The van der Waals surface area contributed by atoms with Crippen LogP contribution in [-0.2, 0) is 19.6 Å². The van der Waals surface area contributed by atoms with Gasteiger partial charge in [-0.1, -0.05) is 11.6 Å². The zero-order chi connectivity index (χ0) is 22.7. The molecule has 1 aromatic heterocycles. The van der Waals surface area contributed by atoms with Crippen molar-refractivity contribution in [2.75, 3.05) is 21.5 Å². The average molecular weight is 495 g/mol. The Bertz CT molecular complexity index is 1220. The number of aromatic nitrogens is 1. The van der Waals surface area contributed by atoms with E-state index in [0.717, 1.165) is 0 Å². The lowest BCUT2D eigenvalue weighted by Crippen LogP contribution is -2.33. The van der Waals surface area contributed by atoms with Crippen LogP contribution in [0.5, 0.6) is 0 Å². The first kappa shape index (κ1) is 22.1. The molecule has 1 atom stereocenters. The molecule has 0 saturated carbocycles. The molecular formula is C20H19ClN4O5S2. The maximum Gasteiger partial charge on any atom is 0.412 e. The van der Waals surface area contributed by atoms with E-state index in [0.29, 0.717) is 29.4 Å². The van der Waals surface area contributed by atoms with Gasteiger partial charge in [-0.15, -0.1) is 11.3 Å². The summed E-state index contributed by atoms with van der Waals surface area (Å²) in [6.45, 7) is 0.335. The number of sulfonamides is 1. The monoisotopic (exact) mass is 494 g/mol. The first-order valence-electron chi connectivity index (χ1n) is 9.39. The fraction of sp³-hybridized carbons (Fsp3) is 0.150. The molecule has 32 heavy (non-hydrogen) atoms. The number of anilines is 3. The highest BCUT2D eigenvalue weighted by atomic mass is 35.5. The van der Waals surface area contributed by atoms with Crippen molar-refractivity contribution in [3.05, 3.63) is 65.1 Å². The SMILES string of the molecule is O=C(Nc1ccc(Cl)cc1)O[C@H]1CCN(c2ccc(S(=O)(=O)Nc3nccs3)cc2)C1=O.[HH]. The van der Waals surface area contributed by atoms with E-state index in [4.69, 9.17) is 16.3 Å². The van der Waals surface area contributed by atoms with Crippen LogP contribution in [0.4, 0.5) is 21.3 Å². The van der Waals surface area contributed by atoms with Crippen LogP contribution >= 0.6 is 22.9 Å². The Kier molecular flexibility index (Phi) is 6.31. The third kappa shape index (κ3) is 5.01. The summed E-state index contributed by atoms with van der Waals surface area (Å²) in [6, 6.07) is 12.3. The molecule has 1 saturated heterocycles. The van der Waals surface area contributed by atoms with Crippen LogP contribution in [0.1, 0.15) is 7.85 Å². The number of nitrogens with one attached hydrogen (secondary N) is 2. The molecule has 0 unspecified atom stereocenters. The number of amides is 2. The number of nitrogens with zero attached hydrogens (tertiary/aromatic N) is 2. The Hall–Kier alpha value is -3.15. The predicted molar refractivity (Wildman–Crippen MR) is 124 cm³/mol. The van der Waals surface area contributed by atoms with Gasteiger partial charge in [-0.05, 0) is 48.5 Å². The number of benzene rings is 2. The van der Waals surface area contributed by atoms with Crippen LogP contribution in [0, 0.1) is 0 Å². The fourth-order valence-corrected chi connectivity index (χ4v) is 5.00. The van der Waals surface area contributed by atoms with Gasteiger partial charge in [-0.3, -0.25) is 14.8 Å². The van der Waals surface area contributed by atoms with Gasteiger partial charge >= 0.3 is 6.09 Å². The van der Waals surface area contributed by atoms with Crippen LogP contribution in [0.15, 0.2) is 65.0 Å². The molecule has 9 nitrogen and oxygen atoms in total. The van der Waals surface area contributed by atoms with E-state index < -0.39 is 22.2 Å². The quantitative estimate of drug-likeness (QED) is 0.530. The van der Waals surface area contributed by atoms with Crippen LogP contribution < -0.4 is 14.9 Å². The van der Waals surface area contributed by atoms with Gasteiger partial charge < -0.3 is 9.64 Å². The first-order valence-corrected chi connectivity index (χ1v) is 12.1. The summed E-state index contributed by atoms with van der Waals surface area (Å²) in [7, 11) is -3.79. The van der Waals surface area contributed by atoms with Crippen LogP contribution in [0.25, 0.3) is 0 Å². The Morgan fingerprint density at radius 1 is 1.19 bits per heavy atom. The zero-order valence-electron chi connectivity index (χ0n) is 16.4. The lowest BCUT2D eigenvalue weighted by atomic mass is 10.3. The molecule has 1 aliphatic heterocycles. The highest BCUT2D eigenvalue weighted by Gasteiger charge is 2.35. The molecule has 2 amide bonds. The molecule has 4 rings (SSSR count). The molecule has 0 bridgehead atoms. The molecule has 0 spiro atoms. The lowest BCUT2D eigenvalue weighted by Gasteiger charge is -2.17. The third-order valence-electron chi connectivity index (χ3n) is 4.61. The van der Waals surface area contributed by atoms with Crippen LogP contribution in [0.2, 0.25) is 5.02 Å². The molecule has 0 radical (unpaired) electrons. The van der Waals surface area contributed by atoms with Crippen molar-refractivity contribution in [2.45, 2.75) is 17.4 Å². The molecule has 1 aliphatic rings. The summed E-state index contributed by atoms with van der Waals surface area (Å²) >= 11 is 6.98. The summed E-state index contributed by atoms with van der Waals surface area (Å²) < 4.78 is 32.5. The summed E-state index contributed by atoms with van der Waals surface area (Å²) in [4.78, 5) is 30.2. The maximum absolute atomic E-state index is 12.7. The Balaban J connectivity index is 0.00000306. The number of halogens is 1. The van der Waals surface area contributed by atoms with Gasteiger partial charge in [-0.2, -0.15) is 0 Å². The van der Waals surface area contributed by atoms with Gasteiger partial charge in [0.25, 0.3) is 15.9 Å². The molecule has 1 fully saturated rings. The molecule has 2 N–H and O–H groups in total. The van der Waals surface area contributed by atoms with Crippen molar-refractivity contribution in [3.63, 3.8) is 0 Å². The second-order valence-electron chi connectivity index (χ2n) is 6.74. The highest BCUT2D eigenvalue weighted by molar-refractivity contribution is 7.93. The normalized spacial score (nSPS) is 16.1. The Labute approximate surface area is 194 Å². The van der Waals surface area contributed by atoms with Crippen molar-refractivity contribution < 1.29 is 24.2 Å². The number of carbonyl (C=O) groups is 2. The maximum atomic E-state index is 12.7. The molecule has 12 heteroatoms. The van der Waals surface area contributed by atoms with Gasteiger partial charge in [0.1, 0.15) is 0 Å². The molecule has 2 aromatic carbocycles. The Morgan fingerprint density at radius 2 is 1.91 bits per heavy atom. The summed E-state index contributed by atoms with van der Waals surface area (Å²) in [5.74, 6) is -0.382. The predicted octanol–water partition coefficient (Wildman–Crippen LogP) is 4.20. The van der Waals surface area contributed by atoms with Crippen molar-refractivity contribution in [3.8, 4) is 0 Å². The summed E-state index contributed by atoms with van der Waals surface area (Å²) in [5, 5.41) is 5.00. The minimum absolute atomic E-state index is 0. The molecule has 2 heterocycles. The van der Waals surface area contributed by atoms with Gasteiger partial charge in [0.05, 0.1) is 4.90 Å². The fourth-order valence-electron chi connectivity index (χ4n) is 3.08.